The van der Waals surface area contributed by atoms with Crippen molar-refractivity contribution in [2.24, 2.45) is 5.92 Å². The SMILES string of the molecule is CCS[C@@H]1OC(COCc2ccccc2)[C@@H](O[C@@H]2OC(COCc3ccccc3)[C@H](OCc3ccccc3)[C@@H](OCc3ccccc3)C2OCc2ccccc2)[C@@H](OCc2ccccc2)C1C. The minimum Gasteiger partial charge on any atom is -0.374 e. The topological polar surface area (TPSA) is 83.1 Å². The van der Waals surface area contributed by atoms with Crippen LogP contribution in [0.1, 0.15) is 47.2 Å². The lowest BCUT2D eigenvalue weighted by Gasteiger charge is -2.50. The number of hydrogen-bond acceptors (Lipinski definition) is 10. The van der Waals surface area contributed by atoms with E-state index in [-0.39, 0.29) is 31.2 Å². The Morgan fingerprint density at radius 1 is 0.388 bits per heavy atom. The van der Waals surface area contributed by atoms with Crippen molar-refractivity contribution in [1.82, 2.24) is 0 Å². The second-order valence-corrected chi connectivity index (χ2v) is 18.4. The van der Waals surface area contributed by atoms with Gasteiger partial charge >= 0.3 is 0 Å². The van der Waals surface area contributed by atoms with Gasteiger partial charge in [-0.3, -0.25) is 0 Å². The summed E-state index contributed by atoms with van der Waals surface area (Å²) in [5.74, 6) is 0.813. The van der Waals surface area contributed by atoms with Gasteiger partial charge in [0.2, 0.25) is 0 Å². The summed E-state index contributed by atoms with van der Waals surface area (Å²) >= 11 is 1.77. The van der Waals surface area contributed by atoms with Crippen LogP contribution in [0.3, 0.4) is 0 Å². The largest absolute Gasteiger partial charge is 0.374 e. The van der Waals surface area contributed by atoms with E-state index < -0.39 is 49.0 Å². The van der Waals surface area contributed by atoms with Gasteiger partial charge < -0.3 is 42.6 Å². The maximum absolute atomic E-state index is 7.46. The molecular weight excluding hydrogens is 861 g/mol. The van der Waals surface area contributed by atoms with Crippen LogP contribution in [-0.4, -0.2) is 73.4 Å². The van der Waals surface area contributed by atoms with Crippen molar-refractivity contribution in [2.75, 3.05) is 19.0 Å². The highest BCUT2D eigenvalue weighted by atomic mass is 32.2. The number of rotatable bonds is 24. The van der Waals surface area contributed by atoms with Crippen molar-refractivity contribution >= 4 is 11.8 Å². The van der Waals surface area contributed by atoms with Gasteiger partial charge in [0.25, 0.3) is 0 Å². The number of hydrogen-bond donors (Lipinski definition) is 0. The fourth-order valence-electron chi connectivity index (χ4n) is 8.59. The van der Waals surface area contributed by atoms with E-state index in [4.69, 9.17) is 42.6 Å². The zero-order valence-corrected chi connectivity index (χ0v) is 39.4. The molecule has 0 N–H and O–H groups in total. The first kappa shape index (κ1) is 48.8. The number of thioether (sulfide) groups is 1. The summed E-state index contributed by atoms with van der Waals surface area (Å²) in [5, 5.41) is 0. The van der Waals surface area contributed by atoms with Gasteiger partial charge in [-0.1, -0.05) is 196 Å². The Morgan fingerprint density at radius 2 is 0.731 bits per heavy atom. The predicted octanol–water partition coefficient (Wildman–Crippen LogP) is 11.0. The van der Waals surface area contributed by atoms with Crippen LogP contribution in [0, 0.1) is 5.92 Å². The molecule has 0 amide bonds. The summed E-state index contributed by atoms with van der Waals surface area (Å²) < 4.78 is 62.8. The minimum atomic E-state index is -0.970. The van der Waals surface area contributed by atoms with Crippen LogP contribution in [0.2, 0.25) is 0 Å². The van der Waals surface area contributed by atoms with Crippen LogP contribution in [0.15, 0.2) is 182 Å². The van der Waals surface area contributed by atoms with Crippen LogP contribution >= 0.6 is 11.8 Å². The standard InChI is InChI=1S/C57H64O9S/c1-3-67-57-42(2)51(60-36-45-26-14-6-15-27-45)53(50(65-57)41-59-35-44-24-12-5-13-25-44)66-56-55(63-39-48-32-20-9-21-33-48)54(62-38-47-30-18-8-19-31-47)52(61-37-46-28-16-7-17-29-46)49(64-56)40-58-34-43-22-10-4-11-23-43/h4-33,42,49-57H,3,34-41H2,1-2H3/t42?,49?,50?,51-,52-,53+,54+,55?,56-,57-/m0/s1. The van der Waals surface area contributed by atoms with E-state index in [2.05, 4.69) is 86.6 Å². The molecule has 2 saturated heterocycles. The number of ether oxygens (including phenoxy) is 9. The lowest BCUT2D eigenvalue weighted by molar-refractivity contribution is -0.356. The molecule has 9 nitrogen and oxygen atoms in total. The molecule has 0 spiro atoms. The third kappa shape index (κ3) is 14.4. The van der Waals surface area contributed by atoms with Crippen molar-refractivity contribution < 1.29 is 42.6 Å². The van der Waals surface area contributed by atoms with Crippen molar-refractivity contribution in [3.05, 3.63) is 215 Å². The minimum absolute atomic E-state index is 0.0617. The van der Waals surface area contributed by atoms with Crippen LogP contribution in [0.25, 0.3) is 0 Å². The fourth-order valence-corrected chi connectivity index (χ4v) is 9.59. The molecule has 8 rings (SSSR count). The highest BCUT2D eigenvalue weighted by Gasteiger charge is 2.53. The second kappa shape index (κ2) is 26.2. The Balaban J connectivity index is 1.16. The Labute approximate surface area is 401 Å². The Kier molecular flexibility index (Phi) is 19.0. The maximum atomic E-state index is 7.46. The molecule has 10 atom stereocenters. The second-order valence-electron chi connectivity index (χ2n) is 17.0. The van der Waals surface area contributed by atoms with E-state index in [0.717, 1.165) is 39.1 Å². The maximum Gasteiger partial charge on any atom is 0.187 e. The Morgan fingerprint density at radius 3 is 1.13 bits per heavy atom. The molecule has 10 heteroatoms. The predicted molar refractivity (Wildman–Crippen MR) is 262 cm³/mol. The van der Waals surface area contributed by atoms with Crippen LogP contribution < -0.4 is 0 Å². The summed E-state index contributed by atoms with van der Waals surface area (Å²) in [4.78, 5) is 0. The molecule has 0 saturated carbocycles. The monoisotopic (exact) mass is 924 g/mol. The van der Waals surface area contributed by atoms with Gasteiger partial charge in [-0.15, -0.1) is 11.8 Å². The van der Waals surface area contributed by atoms with Gasteiger partial charge in [0, 0.05) is 5.92 Å². The zero-order chi connectivity index (χ0) is 45.9. The lowest BCUT2D eigenvalue weighted by Crippen LogP contribution is -2.64. The number of benzene rings is 6. The van der Waals surface area contributed by atoms with Crippen LogP contribution in [-0.2, 0) is 82.3 Å². The Hall–Kier alpha value is -4.69. The van der Waals surface area contributed by atoms with E-state index in [9.17, 15) is 0 Å². The molecule has 6 aromatic carbocycles. The fraction of sp³-hybridized carbons (Fsp3) is 0.368. The van der Waals surface area contributed by atoms with Crippen molar-refractivity contribution in [3.8, 4) is 0 Å². The van der Waals surface area contributed by atoms with Crippen molar-refractivity contribution in [2.45, 2.75) is 108 Å². The molecule has 0 bridgehead atoms. The first-order chi connectivity index (χ1) is 33.1. The quantitative estimate of drug-likeness (QED) is 0.0585. The molecule has 0 radical (unpaired) electrons. The zero-order valence-electron chi connectivity index (χ0n) is 38.5. The summed E-state index contributed by atoms with van der Waals surface area (Å²) in [5.41, 5.74) is 6.08. The van der Waals surface area contributed by atoms with E-state index >= 15 is 0 Å². The van der Waals surface area contributed by atoms with E-state index in [1.165, 1.54) is 0 Å². The van der Waals surface area contributed by atoms with E-state index in [0.29, 0.717) is 33.0 Å². The summed E-state index contributed by atoms with van der Waals surface area (Å²) in [6, 6.07) is 61.0. The molecule has 4 unspecified atom stereocenters. The van der Waals surface area contributed by atoms with Crippen molar-refractivity contribution in [3.63, 3.8) is 0 Å². The molecule has 2 aliphatic rings. The average Bonchev–Trinajstić information content (AvgIpc) is 3.38. The van der Waals surface area contributed by atoms with E-state index in [1.807, 2.05) is 109 Å². The Bertz CT molecular complexity index is 2240. The molecule has 6 aromatic rings. The van der Waals surface area contributed by atoms with Gasteiger partial charge in [0.05, 0.1) is 59.0 Å². The van der Waals surface area contributed by atoms with Gasteiger partial charge in [0.15, 0.2) is 6.29 Å². The van der Waals surface area contributed by atoms with Gasteiger partial charge in [-0.05, 0) is 39.1 Å². The molecule has 2 aliphatic heterocycles. The molecule has 0 aromatic heterocycles. The van der Waals surface area contributed by atoms with Gasteiger partial charge in [-0.25, -0.2) is 0 Å². The van der Waals surface area contributed by atoms with Crippen molar-refractivity contribution in [1.29, 1.82) is 0 Å². The highest BCUT2D eigenvalue weighted by Crippen LogP contribution is 2.39. The molecule has 352 valence electrons. The van der Waals surface area contributed by atoms with Crippen LogP contribution in [0.5, 0.6) is 0 Å². The summed E-state index contributed by atoms with van der Waals surface area (Å²) in [7, 11) is 0. The third-order valence-corrected chi connectivity index (χ3v) is 13.3. The average molecular weight is 925 g/mol. The normalized spacial score (nSPS) is 25.2. The molecule has 2 heterocycles. The smallest absolute Gasteiger partial charge is 0.187 e. The first-order valence-corrected chi connectivity index (χ1v) is 24.6. The summed E-state index contributed by atoms with van der Waals surface area (Å²) in [6.45, 7) is 6.93. The molecule has 2 fully saturated rings. The highest BCUT2D eigenvalue weighted by molar-refractivity contribution is 7.99. The van der Waals surface area contributed by atoms with E-state index in [1.54, 1.807) is 11.8 Å². The molecular formula is C57H64O9S. The molecule has 67 heavy (non-hydrogen) atoms. The lowest BCUT2D eigenvalue weighted by atomic mass is 9.92. The molecule has 0 aliphatic carbocycles. The van der Waals surface area contributed by atoms with Crippen LogP contribution in [0.4, 0.5) is 0 Å². The van der Waals surface area contributed by atoms with Gasteiger partial charge in [-0.2, -0.15) is 0 Å². The first-order valence-electron chi connectivity index (χ1n) is 23.5. The summed E-state index contributed by atoms with van der Waals surface area (Å²) in [6.07, 6.45) is -5.23. The third-order valence-electron chi connectivity index (χ3n) is 12.1. The van der Waals surface area contributed by atoms with Gasteiger partial charge in [0.1, 0.15) is 42.1 Å².